The number of nitrogens with zero attached hydrogens (tertiary/aromatic N) is 1. The van der Waals surface area contributed by atoms with Crippen molar-refractivity contribution in [3.05, 3.63) is 0 Å². The molecule has 2 aliphatic carbocycles. The summed E-state index contributed by atoms with van der Waals surface area (Å²) in [5.74, 6) is 1.79. The summed E-state index contributed by atoms with van der Waals surface area (Å²) in [5.41, 5.74) is 0. The van der Waals surface area contributed by atoms with Crippen LogP contribution in [-0.4, -0.2) is 45.7 Å². The normalized spacial score (nSPS) is 29.8. The number of rotatable bonds is 5. The molecule has 2 saturated carbocycles. The van der Waals surface area contributed by atoms with Crippen molar-refractivity contribution in [2.75, 3.05) is 12.3 Å². The zero-order valence-corrected chi connectivity index (χ0v) is 12.6. The fraction of sp³-hybridized carbons (Fsp3) is 0.857. The molecule has 2 unspecified atom stereocenters. The van der Waals surface area contributed by atoms with Crippen molar-refractivity contribution in [3.63, 3.8) is 0 Å². The first-order valence-corrected chi connectivity index (χ1v) is 8.53. The van der Waals surface area contributed by atoms with Gasteiger partial charge in [-0.05, 0) is 50.4 Å². The van der Waals surface area contributed by atoms with Crippen LogP contribution in [0.5, 0.6) is 0 Å². The zero-order valence-electron chi connectivity index (χ0n) is 11.7. The van der Waals surface area contributed by atoms with Crippen LogP contribution in [0, 0.1) is 17.8 Å². The molecule has 0 bridgehead atoms. The lowest BCUT2D eigenvalue weighted by Crippen LogP contribution is -2.50. The third-order valence-corrected chi connectivity index (χ3v) is 5.90. The van der Waals surface area contributed by atoms with Gasteiger partial charge in [0.15, 0.2) is 0 Å². The highest BCUT2D eigenvalue weighted by Gasteiger charge is 2.43. The molecule has 112 valence electrons. The molecular formula is C14H22N2O3S. The van der Waals surface area contributed by atoms with Crippen molar-refractivity contribution in [3.8, 4) is 0 Å². The highest BCUT2D eigenvalue weighted by atomic mass is 32.2. The predicted octanol–water partition coefficient (Wildman–Crippen LogP) is 1.98. The largest absolute Gasteiger partial charge is 0.480 e. The smallest absolute Gasteiger partial charge is 0.327 e. The van der Waals surface area contributed by atoms with Gasteiger partial charge in [-0.2, -0.15) is 0 Å². The molecule has 3 rings (SSSR count). The van der Waals surface area contributed by atoms with Gasteiger partial charge in [0.2, 0.25) is 0 Å². The van der Waals surface area contributed by atoms with Gasteiger partial charge < -0.3 is 10.4 Å². The van der Waals surface area contributed by atoms with Gasteiger partial charge in [0.1, 0.15) is 6.04 Å². The minimum absolute atomic E-state index is 0.0589. The quantitative estimate of drug-likeness (QED) is 0.814. The molecule has 2 atom stereocenters. The monoisotopic (exact) mass is 298 g/mol. The average molecular weight is 298 g/mol. The van der Waals surface area contributed by atoms with Crippen molar-refractivity contribution in [1.29, 1.82) is 0 Å². The lowest BCUT2D eigenvalue weighted by atomic mass is 9.98. The van der Waals surface area contributed by atoms with E-state index < -0.39 is 12.0 Å². The van der Waals surface area contributed by atoms with Gasteiger partial charge in [-0.15, -0.1) is 11.8 Å². The van der Waals surface area contributed by atoms with Gasteiger partial charge >= 0.3 is 12.0 Å². The van der Waals surface area contributed by atoms with Crippen molar-refractivity contribution in [1.82, 2.24) is 10.2 Å². The highest BCUT2D eigenvalue weighted by Crippen LogP contribution is 2.48. The van der Waals surface area contributed by atoms with E-state index in [1.165, 1.54) is 42.3 Å². The summed E-state index contributed by atoms with van der Waals surface area (Å²) in [4.78, 5) is 25.0. The van der Waals surface area contributed by atoms with Gasteiger partial charge in [0.25, 0.3) is 0 Å². The van der Waals surface area contributed by atoms with E-state index in [-0.39, 0.29) is 11.4 Å². The zero-order chi connectivity index (χ0) is 14.3. The van der Waals surface area contributed by atoms with Crippen LogP contribution < -0.4 is 5.32 Å². The van der Waals surface area contributed by atoms with Gasteiger partial charge in [0.05, 0.1) is 5.37 Å². The van der Waals surface area contributed by atoms with E-state index in [4.69, 9.17) is 0 Å². The van der Waals surface area contributed by atoms with E-state index in [0.29, 0.717) is 18.2 Å². The molecule has 5 nitrogen and oxygen atoms in total. The number of carboxylic acid groups (broad SMARTS) is 1. The number of carbonyl (C=O) groups is 2. The van der Waals surface area contributed by atoms with Gasteiger partial charge in [-0.1, -0.05) is 0 Å². The molecule has 20 heavy (non-hydrogen) atoms. The Morgan fingerprint density at radius 2 is 1.90 bits per heavy atom. The Morgan fingerprint density at radius 3 is 2.40 bits per heavy atom. The van der Waals surface area contributed by atoms with Crippen LogP contribution in [-0.2, 0) is 4.79 Å². The van der Waals surface area contributed by atoms with Gasteiger partial charge in [0, 0.05) is 12.3 Å². The Morgan fingerprint density at radius 1 is 1.30 bits per heavy atom. The van der Waals surface area contributed by atoms with Gasteiger partial charge in [-0.3, -0.25) is 4.90 Å². The molecular weight excluding hydrogens is 276 g/mol. The molecule has 0 aromatic rings. The first kappa shape index (κ1) is 14.0. The summed E-state index contributed by atoms with van der Waals surface area (Å²) in [6.07, 6.45) is 5.19. The first-order chi connectivity index (χ1) is 9.58. The number of aliphatic carboxylic acids is 1. The van der Waals surface area contributed by atoms with E-state index in [1.807, 2.05) is 6.92 Å². The Bertz CT molecular complexity index is 397. The predicted molar refractivity (Wildman–Crippen MR) is 77.5 cm³/mol. The lowest BCUT2D eigenvalue weighted by Gasteiger charge is -2.26. The number of hydrogen-bond acceptors (Lipinski definition) is 3. The molecule has 2 amide bonds. The maximum atomic E-state index is 12.3. The molecule has 1 aliphatic heterocycles. The molecule has 3 fully saturated rings. The van der Waals surface area contributed by atoms with Crippen LogP contribution >= 0.6 is 11.8 Å². The maximum absolute atomic E-state index is 12.3. The number of carboxylic acids is 1. The Labute approximate surface area is 123 Å². The maximum Gasteiger partial charge on any atom is 0.327 e. The summed E-state index contributed by atoms with van der Waals surface area (Å²) >= 11 is 1.53. The average Bonchev–Trinajstić information content (AvgIpc) is 3.29. The number of carbonyl (C=O) groups excluding carboxylic acids is 1. The molecule has 3 aliphatic rings. The van der Waals surface area contributed by atoms with E-state index in [9.17, 15) is 14.7 Å². The van der Waals surface area contributed by atoms with Crippen LogP contribution in [0.15, 0.2) is 0 Å². The Balaban J connectivity index is 1.56. The van der Waals surface area contributed by atoms with Crippen molar-refractivity contribution in [2.24, 2.45) is 17.8 Å². The summed E-state index contributed by atoms with van der Waals surface area (Å²) in [6.45, 7) is 2.61. The lowest BCUT2D eigenvalue weighted by molar-refractivity contribution is -0.141. The Kier molecular flexibility index (Phi) is 3.84. The van der Waals surface area contributed by atoms with Crippen LogP contribution in [0.25, 0.3) is 0 Å². The summed E-state index contributed by atoms with van der Waals surface area (Å²) in [5, 5.41) is 12.1. The van der Waals surface area contributed by atoms with E-state index in [1.54, 1.807) is 0 Å². The SMILES string of the molecule is CC1SCC(C(=O)O)N1C(=O)NCC(C1CC1)C1CC1. The second kappa shape index (κ2) is 5.47. The van der Waals surface area contributed by atoms with Crippen LogP contribution in [0.4, 0.5) is 4.79 Å². The van der Waals surface area contributed by atoms with Gasteiger partial charge in [-0.25, -0.2) is 9.59 Å². The molecule has 1 heterocycles. The van der Waals surface area contributed by atoms with Crippen LogP contribution in [0.1, 0.15) is 32.6 Å². The fourth-order valence-electron chi connectivity index (χ4n) is 3.20. The third kappa shape index (κ3) is 2.90. The van der Waals surface area contributed by atoms with Crippen molar-refractivity contribution in [2.45, 2.75) is 44.0 Å². The minimum Gasteiger partial charge on any atom is -0.480 e. The summed E-state index contributed by atoms with van der Waals surface area (Å²) in [6, 6.07) is -0.892. The standard InChI is InChI=1S/C14H22N2O3S/c1-8-16(12(7-20-8)13(17)18)14(19)15-6-11(9-2-3-9)10-4-5-10/h8-12H,2-7H2,1H3,(H,15,19)(H,17,18). The fourth-order valence-corrected chi connectivity index (χ4v) is 4.37. The highest BCUT2D eigenvalue weighted by molar-refractivity contribution is 8.00. The van der Waals surface area contributed by atoms with Crippen molar-refractivity contribution >= 4 is 23.8 Å². The topological polar surface area (TPSA) is 69.6 Å². The number of urea groups is 1. The minimum atomic E-state index is -0.905. The Hall–Kier alpha value is -0.910. The van der Waals surface area contributed by atoms with E-state index >= 15 is 0 Å². The first-order valence-electron chi connectivity index (χ1n) is 7.48. The molecule has 0 radical (unpaired) electrons. The third-order valence-electron chi connectivity index (χ3n) is 4.69. The second-order valence-electron chi connectivity index (χ2n) is 6.22. The molecule has 0 spiro atoms. The number of nitrogens with one attached hydrogen (secondary N) is 1. The van der Waals surface area contributed by atoms with Crippen molar-refractivity contribution < 1.29 is 14.7 Å². The number of hydrogen-bond donors (Lipinski definition) is 2. The van der Waals surface area contributed by atoms with E-state index in [2.05, 4.69) is 5.32 Å². The van der Waals surface area contributed by atoms with Crippen LogP contribution in [0.3, 0.4) is 0 Å². The van der Waals surface area contributed by atoms with Crippen LogP contribution in [0.2, 0.25) is 0 Å². The molecule has 0 aromatic carbocycles. The number of thioether (sulfide) groups is 1. The van der Waals surface area contributed by atoms with E-state index in [0.717, 1.165) is 11.8 Å². The molecule has 6 heteroatoms. The summed E-state index contributed by atoms with van der Waals surface area (Å²) < 4.78 is 0. The molecule has 0 aromatic heterocycles. The molecule has 2 N–H and O–H groups in total. The number of amides is 2. The molecule has 1 saturated heterocycles. The summed E-state index contributed by atoms with van der Waals surface area (Å²) in [7, 11) is 0. The second-order valence-corrected chi connectivity index (χ2v) is 7.57.